The van der Waals surface area contributed by atoms with Crippen LogP contribution in [0.25, 0.3) is 10.9 Å². The number of H-pyrrole nitrogens is 1. The van der Waals surface area contributed by atoms with Crippen LogP contribution >= 0.6 is 0 Å². The van der Waals surface area contributed by atoms with Crippen LogP contribution in [0.5, 0.6) is 0 Å². The van der Waals surface area contributed by atoms with Gasteiger partial charge >= 0.3 is 0 Å². The molecule has 0 aliphatic heterocycles. The van der Waals surface area contributed by atoms with Gasteiger partial charge in [-0.05, 0) is 29.8 Å². The van der Waals surface area contributed by atoms with Crippen molar-refractivity contribution in [2.45, 2.75) is 32.6 Å². The van der Waals surface area contributed by atoms with E-state index in [9.17, 15) is 4.79 Å². The van der Waals surface area contributed by atoms with Crippen LogP contribution < -0.4 is 10.6 Å². The average molecular weight is 415 g/mol. The summed E-state index contributed by atoms with van der Waals surface area (Å²) < 4.78 is 5.39. The monoisotopic (exact) mass is 414 g/mol. The molecule has 2 aromatic carbocycles. The third-order valence-electron chi connectivity index (χ3n) is 4.96. The van der Waals surface area contributed by atoms with E-state index < -0.39 is 0 Å². The zero-order valence-corrected chi connectivity index (χ0v) is 18.0. The fraction of sp³-hybridized carbons (Fsp3) is 0.200. The molecule has 2 heterocycles. The Morgan fingerprint density at radius 1 is 1.06 bits per heavy atom. The highest BCUT2D eigenvalue weighted by Crippen LogP contribution is 2.25. The van der Waals surface area contributed by atoms with Gasteiger partial charge in [0, 0.05) is 40.2 Å². The van der Waals surface area contributed by atoms with Gasteiger partial charge in [-0.3, -0.25) is 4.79 Å². The molecule has 0 radical (unpaired) electrons. The topological polar surface area (TPSA) is 83.0 Å². The van der Waals surface area contributed by atoms with Crippen LogP contribution in [-0.4, -0.2) is 16.0 Å². The van der Waals surface area contributed by atoms with Gasteiger partial charge in [0.15, 0.2) is 5.82 Å². The summed E-state index contributed by atoms with van der Waals surface area (Å²) in [5.41, 5.74) is 3.99. The van der Waals surface area contributed by atoms with Crippen LogP contribution in [0.15, 0.2) is 77.5 Å². The minimum Gasteiger partial charge on any atom is -0.359 e. The highest BCUT2D eigenvalue weighted by molar-refractivity contribution is 6.05. The summed E-state index contributed by atoms with van der Waals surface area (Å²) in [6, 6.07) is 19.3. The van der Waals surface area contributed by atoms with Crippen molar-refractivity contribution in [2.75, 3.05) is 10.6 Å². The van der Waals surface area contributed by atoms with Gasteiger partial charge in [-0.15, -0.1) is 0 Å². The molecule has 0 atom stereocenters. The third kappa shape index (κ3) is 4.86. The fourth-order valence-electron chi connectivity index (χ4n) is 3.26. The molecule has 0 unspecified atom stereocenters. The van der Waals surface area contributed by atoms with Crippen LogP contribution in [0.1, 0.15) is 42.6 Å². The molecule has 0 bridgehead atoms. The Hall–Kier alpha value is -3.80. The Morgan fingerprint density at radius 3 is 2.48 bits per heavy atom. The predicted octanol–water partition coefficient (Wildman–Crippen LogP) is 5.87. The van der Waals surface area contributed by atoms with E-state index in [1.807, 2.05) is 60.7 Å². The SMILES string of the molecule is C=C(Cc1ccc(NC(=O)c2cc3ccccc3[nH]2)cc1)Nc1cc(C(C)(C)C)on1. The Labute approximate surface area is 181 Å². The van der Waals surface area contributed by atoms with Crippen LogP contribution in [0, 0.1) is 0 Å². The van der Waals surface area contributed by atoms with Crippen LogP contribution in [0.2, 0.25) is 0 Å². The largest absolute Gasteiger partial charge is 0.359 e. The number of aromatic amines is 1. The molecule has 6 nitrogen and oxygen atoms in total. The summed E-state index contributed by atoms with van der Waals surface area (Å²) in [7, 11) is 0. The molecule has 3 N–H and O–H groups in total. The third-order valence-corrected chi connectivity index (χ3v) is 4.96. The number of amides is 1. The second-order valence-corrected chi connectivity index (χ2v) is 8.65. The second kappa shape index (κ2) is 8.14. The second-order valence-electron chi connectivity index (χ2n) is 8.65. The Balaban J connectivity index is 1.35. The van der Waals surface area contributed by atoms with Crippen LogP contribution in [0.3, 0.4) is 0 Å². The summed E-state index contributed by atoms with van der Waals surface area (Å²) in [5.74, 6) is 1.30. The first-order chi connectivity index (χ1) is 14.8. The Bertz CT molecular complexity index is 1190. The van der Waals surface area contributed by atoms with Gasteiger partial charge in [0.25, 0.3) is 5.91 Å². The van der Waals surface area contributed by atoms with E-state index in [1.54, 1.807) is 0 Å². The first kappa shape index (κ1) is 20.5. The molecule has 0 fully saturated rings. The Morgan fingerprint density at radius 2 is 1.81 bits per heavy atom. The van der Waals surface area contributed by atoms with Gasteiger partial charge in [-0.2, -0.15) is 0 Å². The summed E-state index contributed by atoms with van der Waals surface area (Å²) >= 11 is 0. The smallest absolute Gasteiger partial charge is 0.272 e. The number of hydrogen-bond donors (Lipinski definition) is 3. The van der Waals surface area contributed by atoms with Crippen molar-refractivity contribution in [3.05, 3.63) is 90.0 Å². The molecule has 2 aromatic heterocycles. The summed E-state index contributed by atoms with van der Waals surface area (Å²) in [6.45, 7) is 10.3. The van der Waals surface area contributed by atoms with Crippen molar-refractivity contribution in [3.8, 4) is 0 Å². The first-order valence-corrected chi connectivity index (χ1v) is 10.2. The molecule has 4 rings (SSSR count). The summed E-state index contributed by atoms with van der Waals surface area (Å²) in [5, 5.41) is 11.2. The molecule has 4 aromatic rings. The minimum absolute atomic E-state index is 0.0959. The van der Waals surface area contributed by atoms with Crippen LogP contribution in [0.4, 0.5) is 11.5 Å². The number of para-hydroxylation sites is 1. The molecule has 1 amide bonds. The lowest BCUT2D eigenvalue weighted by molar-refractivity contribution is 0.102. The quantitative estimate of drug-likeness (QED) is 0.368. The van der Waals surface area contributed by atoms with Gasteiger partial charge < -0.3 is 20.1 Å². The van der Waals surface area contributed by atoms with E-state index in [1.165, 1.54) is 0 Å². The molecular weight excluding hydrogens is 388 g/mol. The number of allylic oxidation sites excluding steroid dienone is 1. The molecule has 0 saturated heterocycles. The highest BCUT2D eigenvalue weighted by Gasteiger charge is 2.19. The molecule has 6 heteroatoms. The first-order valence-electron chi connectivity index (χ1n) is 10.2. The van der Waals surface area contributed by atoms with Crippen LogP contribution in [-0.2, 0) is 11.8 Å². The number of carbonyl (C=O) groups is 1. The van der Waals surface area contributed by atoms with Crippen molar-refractivity contribution >= 4 is 28.3 Å². The van der Waals surface area contributed by atoms with Crippen molar-refractivity contribution < 1.29 is 9.32 Å². The standard InChI is InChI=1S/C25H26N4O2/c1-16(26-23-15-22(31-29-23)25(2,3)4)13-17-9-11-19(12-10-17)27-24(30)21-14-18-7-5-6-8-20(18)28-21/h5-12,14-15,28H,1,13H2,2-4H3,(H,26,29)(H,27,30). The molecule has 158 valence electrons. The van der Waals surface area contributed by atoms with Gasteiger partial charge in [0.05, 0.1) is 0 Å². The molecule has 0 aliphatic carbocycles. The summed E-state index contributed by atoms with van der Waals surface area (Å²) in [6.07, 6.45) is 0.633. The van der Waals surface area contributed by atoms with Gasteiger partial charge in [-0.25, -0.2) is 0 Å². The zero-order chi connectivity index (χ0) is 22.0. The number of aromatic nitrogens is 2. The molecular formula is C25H26N4O2. The maximum absolute atomic E-state index is 12.5. The zero-order valence-electron chi connectivity index (χ0n) is 18.0. The highest BCUT2D eigenvalue weighted by atomic mass is 16.5. The fourth-order valence-corrected chi connectivity index (χ4v) is 3.26. The van der Waals surface area contributed by atoms with E-state index in [0.717, 1.165) is 33.6 Å². The number of rotatable bonds is 6. The number of carbonyl (C=O) groups excluding carboxylic acids is 1. The maximum Gasteiger partial charge on any atom is 0.272 e. The van der Waals surface area contributed by atoms with Gasteiger partial charge in [-0.1, -0.05) is 62.8 Å². The Kier molecular flexibility index (Phi) is 5.38. The predicted molar refractivity (Wildman–Crippen MR) is 124 cm³/mol. The lowest BCUT2D eigenvalue weighted by Crippen LogP contribution is -2.12. The minimum atomic E-state index is -0.171. The molecule has 0 spiro atoms. The molecule has 31 heavy (non-hydrogen) atoms. The van der Waals surface area contributed by atoms with Gasteiger partial charge in [0.1, 0.15) is 11.5 Å². The van der Waals surface area contributed by atoms with E-state index in [-0.39, 0.29) is 11.3 Å². The normalized spacial score (nSPS) is 11.5. The summed E-state index contributed by atoms with van der Waals surface area (Å²) in [4.78, 5) is 15.7. The average Bonchev–Trinajstić information content (AvgIpc) is 3.36. The number of hydrogen-bond acceptors (Lipinski definition) is 4. The number of nitrogens with zero attached hydrogens (tertiary/aromatic N) is 1. The van der Waals surface area contributed by atoms with Crippen molar-refractivity contribution in [1.29, 1.82) is 0 Å². The number of benzene rings is 2. The number of nitrogens with one attached hydrogen (secondary N) is 3. The molecule has 0 aliphatic rings. The van der Waals surface area contributed by atoms with Crippen molar-refractivity contribution in [3.63, 3.8) is 0 Å². The molecule has 0 saturated carbocycles. The number of anilines is 2. The van der Waals surface area contributed by atoms with Gasteiger partial charge in [0.2, 0.25) is 0 Å². The van der Waals surface area contributed by atoms with Crippen molar-refractivity contribution in [2.24, 2.45) is 0 Å². The lowest BCUT2D eigenvalue weighted by Gasteiger charge is -2.12. The number of fused-ring (bicyclic) bond motifs is 1. The van der Waals surface area contributed by atoms with E-state index in [4.69, 9.17) is 4.52 Å². The van der Waals surface area contributed by atoms with E-state index in [0.29, 0.717) is 17.9 Å². The maximum atomic E-state index is 12.5. The van der Waals surface area contributed by atoms with E-state index >= 15 is 0 Å². The lowest BCUT2D eigenvalue weighted by atomic mass is 9.93. The van der Waals surface area contributed by atoms with E-state index in [2.05, 4.69) is 48.1 Å². The van der Waals surface area contributed by atoms with Crippen molar-refractivity contribution in [1.82, 2.24) is 10.1 Å².